The van der Waals surface area contributed by atoms with Crippen LogP contribution >= 0.6 is 0 Å². The fourth-order valence-corrected chi connectivity index (χ4v) is 7.38. The zero-order chi connectivity index (χ0) is 33.9. The van der Waals surface area contributed by atoms with E-state index >= 15 is 0 Å². The van der Waals surface area contributed by atoms with Gasteiger partial charge >= 0.3 is 0 Å². The summed E-state index contributed by atoms with van der Waals surface area (Å²) in [5.74, 6) is 2.08. The van der Waals surface area contributed by atoms with Gasteiger partial charge in [0.05, 0.1) is 62.0 Å². The molecule has 0 radical (unpaired) electrons. The van der Waals surface area contributed by atoms with Gasteiger partial charge in [0, 0.05) is 22.2 Å². The van der Waals surface area contributed by atoms with Gasteiger partial charge in [-0.1, -0.05) is 60.7 Å². The molecule has 8 nitrogen and oxygen atoms in total. The third-order valence-corrected chi connectivity index (χ3v) is 9.69. The van der Waals surface area contributed by atoms with Gasteiger partial charge in [0.15, 0.2) is 0 Å². The summed E-state index contributed by atoms with van der Waals surface area (Å²) in [6, 6.07) is 29.7. The average Bonchev–Trinajstić information content (AvgIpc) is 4.00. The smallest absolute Gasteiger partial charge is 0.292 e. The fourth-order valence-electron chi connectivity index (χ4n) is 7.38. The second kappa shape index (κ2) is 11.6. The highest BCUT2D eigenvalue weighted by Crippen LogP contribution is 2.37. The van der Waals surface area contributed by atoms with Gasteiger partial charge in [0.25, 0.3) is 11.6 Å². The third-order valence-electron chi connectivity index (χ3n) is 9.69. The molecule has 0 aliphatic carbocycles. The Labute approximate surface area is 289 Å². The molecule has 0 saturated heterocycles. The van der Waals surface area contributed by atoms with E-state index in [9.17, 15) is 0 Å². The number of aromatic nitrogens is 8. The van der Waals surface area contributed by atoms with E-state index in [1.165, 1.54) is 0 Å². The molecule has 8 heteroatoms. The summed E-state index contributed by atoms with van der Waals surface area (Å²) >= 11 is 0. The van der Waals surface area contributed by atoms with E-state index in [-0.39, 0.29) is 0 Å². The minimum absolute atomic E-state index is 0.885. The monoisotopic (exact) mass is 652 g/mol. The topological polar surface area (TPSA) is 75.0 Å². The number of hydrogen-bond acceptors (Lipinski definition) is 2. The van der Waals surface area contributed by atoms with Crippen molar-refractivity contribution in [3.63, 3.8) is 0 Å². The van der Waals surface area contributed by atoms with Crippen LogP contribution in [0.5, 0.6) is 0 Å². The van der Waals surface area contributed by atoms with Crippen LogP contribution in [0.3, 0.4) is 0 Å². The van der Waals surface area contributed by atoms with Crippen molar-refractivity contribution >= 4 is 46.4 Å². The first-order chi connectivity index (χ1) is 24.4. The molecule has 2 aromatic carbocycles. The number of hydrogen-bond donors (Lipinski definition) is 2. The number of fused-ring (bicyclic) bond motifs is 8. The molecule has 2 aliphatic rings. The van der Waals surface area contributed by atoms with Gasteiger partial charge in [-0.3, -0.25) is 0 Å². The molecule has 2 aliphatic heterocycles. The highest BCUT2D eigenvalue weighted by molar-refractivity contribution is 5.98. The van der Waals surface area contributed by atoms with Gasteiger partial charge < -0.3 is 9.97 Å². The van der Waals surface area contributed by atoms with Crippen molar-refractivity contribution in [3.05, 3.63) is 132 Å². The molecule has 0 amide bonds. The first kappa shape index (κ1) is 29.6. The molecule has 0 fully saturated rings. The van der Waals surface area contributed by atoms with Crippen LogP contribution in [0.1, 0.15) is 22.8 Å². The molecule has 0 unspecified atom stereocenters. The quantitative estimate of drug-likeness (QED) is 0.192. The Kier molecular flexibility index (Phi) is 6.84. The van der Waals surface area contributed by atoms with Crippen LogP contribution in [-0.4, -0.2) is 29.1 Å². The molecule has 5 aromatic heterocycles. The van der Waals surface area contributed by atoms with E-state index in [1.54, 1.807) is 0 Å². The molecule has 8 bridgehead atoms. The summed E-state index contributed by atoms with van der Waals surface area (Å²) in [5.41, 5.74) is 13.7. The summed E-state index contributed by atoms with van der Waals surface area (Å²) in [6.07, 6.45) is 16.9. The van der Waals surface area contributed by atoms with Gasteiger partial charge in [-0.15, -0.1) is 0 Å². The summed E-state index contributed by atoms with van der Waals surface area (Å²) in [4.78, 5) is 18.4. The molecule has 2 N–H and O–H groups in total. The Balaban J connectivity index is 1.51. The number of rotatable bonds is 4. The number of imidazole rings is 2. The molecular weight excluding hydrogens is 617 g/mol. The van der Waals surface area contributed by atoms with Crippen LogP contribution in [-0.2, 0) is 28.2 Å². The number of benzene rings is 2. The number of H-pyrrole nitrogens is 2. The highest BCUT2D eigenvalue weighted by Gasteiger charge is 2.25. The van der Waals surface area contributed by atoms with Gasteiger partial charge in [-0.05, 0) is 59.7 Å². The van der Waals surface area contributed by atoms with Crippen LogP contribution in [0.2, 0.25) is 0 Å². The second-order valence-corrected chi connectivity index (χ2v) is 12.9. The Morgan fingerprint density at radius 3 is 1.14 bits per heavy atom. The molecule has 0 spiro atoms. The van der Waals surface area contributed by atoms with E-state index in [1.807, 2.05) is 12.1 Å². The van der Waals surface area contributed by atoms with Gasteiger partial charge in [-0.25, -0.2) is 28.2 Å². The second-order valence-electron chi connectivity index (χ2n) is 12.9. The predicted molar refractivity (Wildman–Crippen MR) is 201 cm³/mol. The molecule has 0 atom stereocenters. The maximum absolute atomic E-state index is 5.40. The van der Waals surface area contributed by atoms with Crippen LogP contribution in [0.4, 0.5) is 0 Å². The molecule has 0 saturated carbocycles. The van der Waals surface area contributed by atoms with E-state index in [0.29, 0.717) is 0 Å². The number of nitrogens with one attached hydrogen (secondary N) is 2. The first-order valence-electron chi connectivity index (χ1n) is 16.7. The molecule has 242 valence electrons. The lowest BCUT2D eigenvalue weighted by atomic mass is 10.0. The summed E-state index contributed by atoms with van der Waals surface area (Å²) in [6.45, 7) is 0. The lowest BCUT2D eigenvalue weighted by molar-refractivity contribution is -0.659. The van der Waals surface area contributed by atoms with Crippen molar-refractivity contribution in [1.29, 1.82) is 0 Å². The Morgan fingerprint density at radius 1 is 0.460 bits per heavy atom. The van der Waals surface area contributed by atoms with E-state index in [0.717, 1.165) is 89.9 Å². The number of aromatic amines is 2. The molecule has 50 heavy (non-hydrogen) atoms. The summed E-state index contributed by atoms with van der Waals surface area (Å²) in [5, 5.41) is 0. The Hall–Kier alpha value is -6.54. The predicted octanol–water partition coefficient (Wildman–Crippen LogP) is 7.65. The van der Waals surface area contributed by atoms with Crippen molar-refractivity contribution in [2.24, 2.45) is 28.2 Å². The minimum Gasteiger partial charge on any atom is -0.354 e. The van der Waals surface area contributed by atoms with Crippen molar-refractivity contribution < 1.29 is 9.13 Å². The number of nitrogens with zero attached hydrogens (tertiary/aromatic N) is 6. The van der Waals surface area contributed by atoms with Gasteiger partial charge in [0.1, 0.15) is 35.9 Å². The van der Waals surface area contributed by atoms with Crippen molar-refractivity contribution in [2.75, 3.05) is 0 Å². The third kappa shape index (κ3) is 4.76. The fraction of sp³-hybridized carbons (Fsp3) is 0.0952. The first-order valence-corrected chi connectivity index (χ1v) is 16.7. The summed E-state index contributed by atoms with van der Waals surface area (Å²) in [7, 11) is 8.31. The van der Waals surface area contributed by atoms with Crippen molar-refractivity contribution in [1.82, 2.24) is 29.1 Å². The molecule has 7 aromatic rings. The molecule has 9 rings (SSSR count). The molecule has 7 heterocycles. The largest absolute Gasteiger partial charge is 0.354 e. The van der Waals surface area contributed by atoms with Crippen LogP contribution in [0.25, 0.3) is 91.4 Å². The van der Waals surface area contributed by atoms with Crippen LogP contribution < -0.4 is 9.13 Å². The van der Waals surface area contributed by atoms with E-state index in [2.05, 4.69) is 178 Å². The van der Waals surface area contributed by atoms with Crippen molar-refractivity contribution in [3.8, 4) is 45.0 Å². The number of aryl methyl sites for hydroxylation is 4. The lowest BCUT2D eigenvalue weighted by Crippen LogP contribution is -2.29. The highest BCUT2D eigenvalue weighted by atomic mass is 15.1. The normalized spacial score (nSPS) is 12.2. The SMILES string of the molecule is Cn1cc[n+](C)c1-c1c2nc(c(-c3ccccc3)c3ccc([nH]3)c(-c3n(C)cc[n+]3C)c3nc(c(-c4ccccc4)c4ccc1[nH]4)C=C3)C=C2. The maximum atomic E-state index is 5.40. The van der Waals surface area contributed by atoms with Gasteiger partial charge in [0.2, 0.25) is 0 Å². The van der Waals surface area contributed by atoms with Crippen molar-refractivity contribution in [2.45, 2.75) is 0 Å². The average molecular weight is 653 g/mol. The standard InChI is InChI=1S/C42H35N8/c1-47-23-24-48(2)41(47)39-33-19-15-29(43-33)37(27-11-7-5-8-12-27)31-17-21-35(45-31)40(42-49(3)25-26-50(42)4)36-22-18-32(46-36)38(28-13-9-6-10-14-28)30-16-20-34(39)44-30/h5-26H,1-4H3,(H,43,44,45,46)/q+1/p+1. The van der Waals surface area contributed by atoms with E-state index in [4.69, 9.17) is 9.97 Å². The van der Waals surface area contributed by atoms with Crippen LogP contribution in [0.15, 0.2) is 110 Å². The van der Waals surface area contributed by atoms with Crippen LogP contribution in [0, 0.1) is 0 Å². The maximum Gasteiger partial charge on any atom is 0.292 e. The molecular formula is C42H36N8+2. The summed E-state index contributed by atoms with van der Waals surface area (Å²) < 4.78 is 8.59. The Morgan fingerprint density at radius 2 is 0.800 bits per heavy atom. The Bertz CT molecular complexity index is 2460. The minimum atomic E-state index is 0.885. The van der Waals surface area contributed by atoms with Gasteiger partial charge in [-0.2, -0.15) is 0 Å². The zero-order valence-electron chi connectivity index (χ0n) is 28.4. The zero-order valence-corrected chi connectivity index (χ0v) is 28.4. The lowest BCUT2D eigenvalue weighted by Gasteiger charge is -2.05. The van der Waals surface area contributed by atoms with E-state index < -0.39 is 0 Å².